The molecule has 1 N–H and O–H groups in total. The molecule has 0 heterocycles. The smallest absolute Gasteiger partial charge is 0.306 e. The summed E-state index contributed by atoms with van der Waals surface area (Å²) in [5.41, 5.74) is 1.71. The van der Waals surface area contributed by atoms with E-state index in [1.165, 1.54) is 0 Å². The first kappa shape index (κ1) is 18.7. The zero-order valence-electron chi connectivity index (χ0n) is 15.1. The summed E-state index contributed by atoms with van der Waals surface area (Å²) in [6.07, 6.45) is 6.40. The second-order valence-corrected chi connectivity index (χ2v) is 6.48. The van der Waals surface area contributed by atoms with Crippen LogP contribution in [0, 0.1) is 5.92 Å². The highest BCUT2D eigenvalue weighted by molar-refractivity contribution is 5.92. The molecule has 5 heteroatoms. The molecule has 0 unspecified atom stereocenters. The Bertz CT molecular complexity index is 784. The average Bonchev–Trinajstić information content (AvgIpc) is 3.20. The molecule has 0 radical (unpaired) electrons. The lowest BCUT2D eigenvalue weighted by Gasteiger charge is -2.10. The second-order valence-electron chi connectivity index (χ2n) is 6.48. The summed E-state index contributed by atoms with van der Waals surface area (Å²) in [6, 6.07) is 17.0. The molecule has 0 spiro atoms. The Labute approximate surface area is 159 Å². The Morgan fingerprint density at radius 1 is 1.04 bits per heavy atom. The Balaban J connectivity index is 1.38. The normalized spacial score (nSPS) is 15.3. The van der Waals surface area contributed by atoms with E-state index in [4.69, 9.17) is 9.47 Å². The van der Waals surface area contributed by atoms with E-state index in [0.29, 0.717) is 24.5 Å². The number of benzene rings is 2. The van der Waals surface area contributed by atoms with E-state index in [2.05, 4.69) is 11.4 Å². The minimum absolute atomic E-state index is 0.240. The van der Waals surface area contributed by atoms with Gasteiger partial charge in [0.15, 0.2) is 6.61 Å². The first-order chi connectivity index (χ1) is 13.2. The summed E-state index contributed by atoms with van der Waals surface area (Å²) >= 11 is 0. The number of amides is 1. The van der Waals surface area contributed by atoms with Crippen molar-refractivity contribution in [3.05, 3.63) is 72.3 Å². The van der Waals surface area contributed by atoms with Crippen LogP contribution in [0.4, 0.5) is 5.69 Å². The van der Waals surface area contributed by atoms with E-state index < -0.39 is 0 Å². The molecule has 0 fully saturated rings. The summed E-state index contributed by atoms with van der Waals surface area (Å²) < 4.78 is 10.7. The molecule has 0 saturated carbocycles. The van der Waals surface area contributed by atoms with Gasteiger partial charge in [-0.15, -0.1) is 0 Å². The molecule has 1 aliphatic rings. The van der Waals surface area contributed by atoms with Crippen molar-refractivity contribution in [2.75, 3.05) is 11.9 Å². The van der Waals surface area contributed by atoms with Gasteiger partial charge in [0.1, 0.15) is 12.4 Å². The largest absolute Gasteiger partial charge is 0.489 e. The van der Waals surface area contributed by atoms with Gasteiger partial charge in [0, 0.05) is 5.69 Å². The van der Waals surface area contributed by atoms with E-state index in [1.54, 1.807) is 24.3 Å². The van der Waals surface area contributed by atoms with E-state index in [-0.39, 0.29) is 24.4 Å². The number of ether oxygens (including phenoxy) is 2. The summed E-state index contributed by atoms with van der Waals surface area (Å²) in [4.78, 5) is 23.7. The van der Waals surface area contributed by atoms with E-state index in [0.717, 1.165) is 18.4 Å². The third-order valence-corrected chi connectivity index (χ3v) is 4.29. The maximum Gasteiger partial charge on any atom is 0.306 e. The van der Waals surface area contributed by atoms with Crippen molar-refractivity contribution in [1.82, 2.24) is 0 Å². The van der Waals surface area contributed by atoms with Gasteiger partial charge in [-0.25, -0.2) is 0 Å². The van der Waals surface area contributed by atoms with Crippen LogP contribution in [0.5, 0.6) is 5.75 Å². The zero-order valence-corrected chi connectivity index (χ0v) is 15.1. The molecule has 5 nitrogen and oxygen atoms in total. The highest BCUT2D eigenvalue weighted by atomic mass is 16.5. The minimum atomic E-state index is -0.358. The third kappa shape index (κ3) is 6.29. The van der Waals surface area contributed by atoms with Crippen molar-refractivity contribution in [2.45, 2.75) is 25.9 Å². The van der Waals surface area contributed by atoms with Crippen LogP contribution in [0.3, 0.4) is 0 Å². The van der Waals surface area contributed by atoms with Crippen molar-refractivity contribution in [3.63, 3.8) is 0 Å². The fraction of sp³-hybridized carbons (Fsp3) is 0.273. The molecule has 0 saturated heterocycles. The molecule has 1 atom stereocenters. The summed E-state index contributed by atoms with van der Waals surface area (Å²) in [5, 5.41) is 2.71. The molecule has 2 aromatic rings. The van der Waals surface area contributed by atoms with Crippen LogP contribution >= 0.6 is 0 Å². The maximum atomic E-state index is 11.9. The standard InChI is InChI=1S/C22H23NO4/c24-21(16-27-22(25)14-17-6-4-5-7-17)23-19-10-12-20(13-11-19)26-15-18-8-2-1-3-9-18/h1-4,6,8-13,17H,5,7,14-16H2,(H,23,24)/t17-/m0/s1. The Morgan fingerprint density at radius 2 is 1.81 bits per heavy atom. The number of rotatable bonds is 8. The quantitative estimate of drug-likeness (QED) is 0.565. The molecule has 140 valence electrons. The maximum absolute atomic E-state index is 11.9. The molecular formula is C22H23NO4. The Kier molecular flexibility index (Phi) is 6.63. The molecule has 27 heavy (non-hydrogen) atoms. The van der Waals surface area contributed by atoms with Crippen molar-refractivity contribution < 1.29 is 19.1 Å². The Morgan fingerprint density at radius 3 is 2.52 bits per heavy atom. The number of hydrogen-bond donors (Lipinski definition) is 1. The fourth-order valence-electron chi connectivity index (χ4n) is 2.86. The van der Waals surface area contributed by atoms with Crippen molar-refractivity contribution >= 4 is 17.6 Å². The fourth-order valence-corrected chi connectivity index (χ4v) is 2.86. The molecule has 0 aliphatic heterocycles. The van der Waals surface area contributed by atoms with Gasteiger partial charge >= 0.3 is 5.97 Å². The first-order valence-corrected chi connectivity index (χ1v) is 9.08. The molecule has 0 aromatic heterocycles. The minimum Gasteiger partial charge on any atom is -0.489 e. The molecule has 1 aliphatic carbocycles. The molecule has 3 rings (SSSR count). The van der Waals surface area contributed by atoms with Crippen LogP contribution in [-0.4, -0.2) is 18.5 Å². The van der Waals surface area contributed by atoms with Gasteiger partial charge in [0.2, 0.25) is 0 Å². The molecule has 0 bridgehead atoms. The Hall–Kier alpha value is -3.08. The van der Waals surface area contributed by atoms with Gasteiger partial charge in [-0.3, -0.25) is 9.59 Å². The number of anilines is 1. The van der Waals surface area contributed by atoms with Crippen LogP contribution in [0.15, 0.2) is 66.7 Å². The van der Waals surface area contributed by atoms with Gasteiger partial charge < -0.3 is 14.8 Å². The zero-order chi connectivity index (χ0) is 18.9. The topological polar surface area (TPSA) is 64.6 Å². The van der Waals surface area contributed by atoms with Crippen molar-refractivity contribution in [1.29, 1.82) is 0 Å². The first-order valence-electron chi connectivity index (χ1n) is 9.08. The molecule has 2 aromatic carbocycles. The molecule has 1 amide bonds. The summed E-state index contributed by atoms with van der Waals surface area (Å²) in [6.45, 7) is 0.209. The lowest BCUT2D eigenvalue weighted by Crippen LogP contribution is -2.21. The van der Waals surface area contributed by atoms with Crippen molar-refractivity contribution in [3.8, 4) is 5.75 Å². The third-order valence-electron chi connectivity index (χ3n) is 4.29. The van der Waals surface area contributed by atoms with Gasteiger partial charge in [-0.2, -0.15) is 0 Å². The van der Waals surface area contributed by atoms with Gasteiger partial charge in [0.05, 0.1) is 6.42 Å². The predicted octanol–water partition coefficient (Wildman–Crippen LogP) is 4.10. The number of esters is 1. The molecular weight excluding hydrogens is 342 g/mol. The number of carbonyl (C=O) groups excluding carboxylic acids is 2. The number of allylic oxidation sites excluding steroid dienone is 2. The van der Waals surface area contributed by atoms with E-state index in [1.807, 2.05) is 36.4 Å². The van der Waals surface area contributed by atoms with Gasteiger partial charge in [0.25, 0.3) is 5.91 Å². The second kappa shape index (κ2) is 9.57. The lowest BCUT2D eigenvalue weighted by atomic mass is 10.1. The summed E-state index contributed by atoms with van der Waals surface area (Å²) in [5.74, 6) is 0.256. The van der Waals surface area contributed by atoms with Crippen LogP contribution in [0.25, 0.3) is 0 Å². The summed E-state index contributed by atoms with van der Waals surface area (Å²) in [7, 11) is 0. The van der Waals surface area contributed by atoms with Crippen LogP contribution in [-0.2, 0) is 20.9 Å². The van der Waals surface area contributed by atoms with E-state index in [9.17, 15) is 9.59 Å². The highest BCUT2D eigenvalue weighted by Gasteiger charge is 2.16. The lowest BCUT2D eigenvalue weighted by molar-refractivity contribution is -0.147. The SMILES string of the molecule is O=C(COC(=O)C[C@H]1C=CCC1)Nc1ccc(OCc2ccccc2)cc1. The van der Waals surface area contributed by atoms with E-state index >= 15 is 0 Å². The van der Waals surface area contributed by atoms with Gasteiger partial charge in [-0.1, -0.05) is 42.5 Å². The number of nitrogens with one attached hydrogen (secondary N) is 1. The van der Waals surface area contributed by atoms with Crippen LogP contribution in [0.1, 0.15) is 24.8 Å². The highest BCUT2D eigenvalue weighted by Crippen LogP contribution is 2.21. The van der Waals surface area contributed by atoms with Crippen molar-refractivity contribution in [2.24, 2.45) is 5.92 Å². The average molecular weight is 365 g/mol. The number of carbonyl (C=O) groups is 2. The van der Waals surface area contributed by atoms with Crippen LogP contribution in [0.2, 0.25) is 0 Å². The number of hydrogen-bond acceptors (Lipinski definition) is 4. The predicted molar refractivity (Wildman–Crippen MR) is 103 cm³/mol. The van der Waals surface area contributed by atoms with Crippen LogP contribution < -0.4 is 10.1 Å². The van der Waals surface area contributed by atoms with Gasteiger partial charge in [-0.05, 0) is 48.6 Å². The monoisotopic (exact) mass is 365 g/mol.